The molecular formula is C17H20N2O6. The van der Waals surface area contributed by atoms with Crippen LogP contribution in [0, 0.1) is 10.1 Å². The molecule has 1 aromatic carbocycles. The van der Waals surface area contributed by atoms with Crippen molar-refractivity contribution in [3.63, 3.8) is 0 Å². The maximum absolute atomic E-state index is 12.2. The van der Waals surface area contributed by atoms with Gasteiger partial charge in [0.15, 0.2) is 0 Å². The van der Waals surface area contributed by atoms with Crippen molar-refractivity contribution in [3.8, 4) is 0 Å². The van der Waals surface area contributed by atoms with Crippen LogP contribution >= 0.6 is 0 Å². The highest BCUT2D eigenvalue weighted by Crippen LogP contribution is 2.29. The monoisotopic (exact) mass is 348 g/mol. The van der Waals surface area contributed by atoms with E-state index >= 15 is 0 Å². The van der Waals surface area contributed by atoms with Gasteiger partial charge in [-0.1, -0.05) is 12.1 Å². The van der Waals surface area contributed by atoms with Crippen molar-refractivity contribution < 1.29 is 24.0 Å². The number of non-ortho nitro benzene ring substituents is 1. The van der Waals surface area contributed by atoms with Gasteiger partial charge in [0.2, 0.25) is 0 Å². The van der Waals surface area contributed by atoms with E-state index in [1.807, 2.05) is 0 Å². The predicted molar refractivity (Wildman–Crippen MR) is 90.4 cm³/mol. The van der Waals surface area contributed by atoms with Crippen LogP contribution in [0.1, 0.15) is 38.2 Å². The van der Waals surface area contributed by atoms with Crippen LogP contribution in [0.5, 0.6) is 0 Å². The summed E-state index contributed by atoms with van der Waals surface area (Å²) in [5, 5.41) is 11.8. The van der Waals surface area contributed by atoms with Crippen LogP contribution in [-0.4, -0.2) is 33.6 Å². The average molecular weight is 348 g/mol. The molecule has 1 heterocycles. The molecule has 8 nitrogen and oxygen atoms in total. The number of aromatic nitrogens is 1. The number of carbonyl (C=O) groups excluding carboxylic acids is 2. The number of nitro groups is 1. The first-order chi connectivity index (χ1) is 11.6. The van der Waals surface area contributed by atoms with E-state index in [0.29, 0.717) is 5.39 Å². The molecule has 0 saturated carbocycles. The van der Waals surface area contributed by atoms with Gasteiger partial charge in [-0.25, -0.2) is 4.79 Å². The third kappa shape index (κ3) is 4.14. The van der Waals surface area contributed by atoms with Crippen LogP contribution in [0.4, 0.5) is 5.69 Å². The third-order valence-electron chi connectivity index (χ3n) is 3.29. The van der Waals surface area contributed by atoms with E-state index in [-0.39, 0.29) is 30.0 Å². The molecule has 0 saturated heterocycles. The van der Waals surface area contributed by atoms with E-state index in [1.54, 1.807) is 33.8 Å². The lowest BCUT2D eigenvalue weighted by molar-refractivity contribution is -0.383. The van der Waals surface area contributed by atoms with Crippen molar-refractivity contribution in [3.05, 3.63) is 40.1 Å². The Hall–Kier alpha value is -2.90. The van der Waals surface area contributed by atoms with Gasteiger partial charge in [0, 0.05) is 11.5 Å². The lowest BCUT2D eigenvalue weighted by Gasteiger charge is -2.20. The molecule has 0 N–H and O–H groups in total. The lowest BCUT2D eigenvalue weighted by atomic mass is 10.2. The number of fused-ring (bicyclic) bond motifs is 1. The van der Waals surface area contributed by atoms with Crippen LogP contribution in [-0.2, 0) is 20.8 Å². The number of benzene rings is 1. The summed E-state index contributed by atoms with van der Waals surface area (Å²) in [5.41, 5.74) is -0.661. The maximum Gasteiger partial charge on any atom is 0.354 e. The van der Waals surface area contributed by atoms with Gasteiger partial charge in [0.1, 0.15) is 23.4 Å². The maximum atomic E-state index is 12.2. The average Bonchev–Trinajstić information content (AvgIpc) is 2.84. The highest BCUT2D eigenvalue weighted by atomic mass is 16.6. The first-order valence-corrected chi connectivity index (χ1v) is 7.79. The Labute approximate surface area is 144 Å². The third-order valence-corrected chi connectivity index (χ3v) is 3.29. The molecule has 0 atom stereocenters. The second-order valence-electron chi connectivity index (χ2n) is 6.39. The van der Waals surface area contributed by atoms with E-state index in [2.05, 4.69) is 0 Å². The SMILES string of the molecule is CCOC(=O)c1cc2cccc([N+](=O)[O-])c2n1CC(=O)OC(C)(C)C. The van der Waals surface area contributed by atoms with Crippen molar-refractivity contribution >= 4 is 28.5 Å². The number of ether oxygens (including phenoxy) is 2. The molecule has 0 unspecified atom stereocenters. The number of rotatable bonds is 5. The largest absolute Gasteiger partial charge is 0.461 e. The summed E-state index contributed by atoms with van der Waals surface area (Å²) >= 11 is 0. The van der Waals surface area contributed by atoms with Crippen LogP contribution in [0.3, 0.4) is 0 Å². The zero-order chi connectivity index (χ0) is 18.8. The lowest BCUT2D eigenvalue weighted by Crippen LogP contribution is -2.27. The molecule has 0 bridgehead atoms. The Morgan fingerprint density at radius 1 is 1.28 bits per heavy atom. The molecule has 2 aromatic rings. The smallest absolute Gasteiger partial charge is 0.354 e. The van der Waals surface area contributed by atoms with Gasteiger partial charge in [-0.2, -0.15) is 0 Å². The number of hydrogen-bond acceptors (Lipinski definition) is 6. The fourth-order valence-corrected chi connectivity index (χ4v) is 2.49. The second kappa shape index (κ2) is 6.92. The highest BCUT2D eigenvalue weighted by Gasteiger charge is 2.26. The minimum Gasteiger partial charge on any atom is -0.461 e. The second-order valence-corrected chi connectivity index (χ2v) is 6.39. The van der Waals surface area contributed by atoms with Crippen molar-refractivity contribution in [1.29, 1.82) is 0 Å². The summed E-state index contributed by atoms with van der Waals surface area (Å²) < 4.78 is 11.5. The quantitative estimate of drug-likeness (QED) is 0.467. The summed E-state index contributed by atoms with van der Waals surface area (Å²) in [7, 11) is 0. The number of nitrogens with zero attached hydrogens (tertiary/aromatic N) is 2. The number of nitro benzene ring substituents is 1. The van der Waals surface area contributed by atoms with Gasteiger partial charge in [-0.15, -0.1) is 0 Å². The molecule has 0 spiro atoms. The standard InChI is InChI=1S/C17H20N2O6/c1-5-24-16(21)13-9-11-7-6-8-12(19(22)23)15(11)18(13)10-14(20)25-17(2,3)4/h6-9H,5,10H2,1-4H3. The fourth-order valence-electron chi connectivity index (χ4n) is 2.49. The first-order valence-electron chi connectivity index (χ1n) is 7.79. The Kier molecular flexibility index (Phi) is 5.10. The minimum absolute atomic E-state index is 0.0667. The Morgan fingerprint density at radius 3 is 2.52 bits per heavy atom. The molecule has 8 heteroatoms. The molecule has 134 valence electrons. The predicted octanol–water partition coefficient (Wildman–Crippen LogP) is 3.07. The molecule has 0 radical (unpaired) electrons. The van der Waals surface area contributed by atoms with Gasteiger partial charge in [0.05, 0.1) is 11.5 Å². The van der Waals surface area contributed by atoms with Crippen LogP contribution in [0.15, 0.2) is 24.3 Å². The molecule has 0 aliphatic carbocycles. The Bertz CT molecular complexity index is 832. The number of hydrogen-bond donors (Lipinski definition) is 0. The van der Waals surface area contributed by atoms with E-state index in [1.165, 1.54) is 22.8 Å². The summed E-state index contributed by atoms with van der Waals surface area (Å²) in [6.07, 6.45) is 0. The van der Waals surface area contributed by atoms with Crippen LogP contribution in [0.2, 0.25) is 0 Å². The van der Waals surface area contributed by atoms with Crippen molar-refractivity contribution in [1.82, 2.24) is 4.57 Å². The molecule has 0 aliphatic heterocycles. The van der Waals surface area contributed by atoms with Crippen LogP contribution in [0.25, 0.3) is 10.9 Å². The highest BCUT2D eigenvalue weighted by molar-refractivity contribution is 5.99. The van der Waals surface area contributed by atoms with Gasteiger partial charge >= 0.3 is 11.9 Å². The van der Waals surface area contributed by atoms with Gasteiger partial charge < -0.3 is 14.0 Å². The summed E-state index contributed by atoms with van der Waals surface area (Å²) in [4.78, 5) is 35.2. The number of esters is 2. The number of carbonyl (C=O) groups is 2. The Balaban J connectivity index is 2.60. The summed E-state index contributed by atoms with van der Waals surface area (Å²) in [5.74, 6) is -1.26. The van der Waals surface area contributed by atoms with Gasteiger partial charge in [0.25, 0.3) is 5.69 Å². The molecule has 0 fully saturated rings. The zero-order valence-corrected chi connectivity index (χ0v) is 14.6. The van der Waals surface area contributed by atoms with E-state index in [9.17, 15) is 19.7 Å². The summed E-state index contributed by atoms with van der Waals surface area (Å²) in [6.45, 7) is 6.62. The Morgan fingerprint density at radius 2 is 1.96 bits per heavy atom. The minimum atomic E-state index is -0.712. The molecule has 25 heavy (non-hydrogen) atoms. The molecule has 0 aliphatic rings. The van der Waals surface area contributed by atoms with Gasteiger partial charge in [-0.3, -0.25) is 14.9 Å². The molecule has 2 rings (SSSR count). The van der Waals surface area contributed by atoms with E-state index < -0.39 is 22.5 Å². The van der Waals surface area contributed by atoms with Crippen molar-refractivity contribution in [2.45, 2.75) is 39.8 Å². The first kappa shape index (κ1) is 18.4. The van der Waals surface area contributed by atoms with Gasteiger partial charge in [-0.05, 0) is 33.8 Å². The normalized spacial score (nSPS) is 11.4. The molecular weight excluding hydrogens is 328 g/mol. The van der Waals surface area contributed by atoms with E-state index in [4.69, 9.17) is 9.47 Å². The summed E-state index contributed by atoms with van der Waals surface area (Å²) in [6, 6.07) is 5.96. The van der Waals surface area contributed by atoms with Crippen molar-refractivity contribution in [2.24, 2.45) is 0 Å². The zero-order valence-electron chi connectivity index (χ0n) is 14.6. The topological polar surface area (TPSA) is 101 Å². The molecule has 1 aromatic heterocycles. The number of para-hydroxylation sites is 1. The van der Waals surface area contributed by atoms with E-state index in [0.717, 1.165) is 0 Å². The van der Waals surface area contributed by atoms with Crippen molar-refractivity contribution in [2.75, 3.05) is 6.61 Å². The van der Waals surface area contributed by atoms with Crippen LogP contribution < -0.4 is 0 Å². The fraction of sp³-hybridized carbons (Fsp3) is 0.412. The molecule has 0 amide bonds.